The van der Waals surface area contributed by atoms with Gasteiger partial charge in [0.15, 0.2) is 18.5 Å². The van der Waals surface area contributed by atoms with Crippen molar-refractivity contribution in [1.82, 2.24) is 15.1 Å². The molecule has 1 unspecified atom stereocenters. The SMILES string of the molecule is CC[C@H]1C[C@@H](C(=O)OCC(=O)c2ccc3c(c2)COc2cc4c(cc2-3)CCC(OC(=O)[C@@H]2CC[C@H](C)N2C(=O)[C@H](NC(=O)OC)C(C)C)C4=O)N(C(=O)OC(C)(C)C)C1. The first-order valence-electron chi connectivity index (χ1n) is 20.4. The Labute approximate surface area is 344 Å². The van der Waals surface area contributed by atoms with E-state index in [0.717, 1.165) is 28.7 Å². The summed E-state index contributed by atoms with van der Waals surface area (Å²) >= 11 is 0. The number of rotatable bonds is 10. The lowest BCUT2D eigenvalue weighted by Gasteiger charge is -2.33. The zero-order valence-electron chi connectivity index (χ0n) is 35.1. The van der Waals surface area contributed by atoms with Gasteiger partial charge in [-0.15, -0.1) is 0 Å². The third-order valence-electron chi connectivity index (χ3n) is 11.6. The minimum Gasteiger partial charge on any atom is -0.488 e. The highest BCUT2D eigenvalue weighted by Gasteiger charge is 2.45. The maximum absolute atomic E-state index is 13.8. The summed E-state index contributed by atoms with van der Waals surface area (Å²) in [6.45, 7) is 12.7. The van der Waals surface area contributed by atoms with Crippen LogP contribution < -0.4 is 10.1 Å². The molecule has 3 aliphatic heterocycles. The molecule has 1 N–H and O–H groups in total. The highest BCUT2D eigenvalue weighted by atomic mass is 16.6. The molecule has 2 fully saturated rings. The number of alkyl carbamates (subject to hydrolysis) is 1. The van der Waals surface area contributed by atoms with E-state index in [0.29, 0.717) is 49.1 Å². The number of amides is 3. The van der Waals surface area contributed by atoms with Crippen molar-refractivity contribution >= 4 is 41.6 Å². The summed E-state index contributed by atoms with van der Waals surface area (Å²) < 4.78 is 27.6. The molecule has 15 heteroatoms. The summed E-state index contributed by atoms with van der Waals surface area (Å²) in [6.07, 6.45) is 0.431. The van der Waals surface area contributed by atoms with Crippen molar-refractivity contribution in [3.8, 4) is 16.9 Å². The van der Waals surface area contributed by atoms with Gasteiger partial charge in [0.25, 0.3) is 0 Å². The van der Waals surface area contributed by atoms with Crippen molar-refractivity contribution in [2.75, 3.05) is 20.3 Å². The number of carbonyl (C=O) groups excluding carboxylic acids is 7. The number of likely N-dealkylation sites (tertiary alicyclic amines) is 2. The Balaban J connectivity index is 1.10. The van der Waals surface area contributed by atoms with E-state index in [1.807, 2.05) is 19.9 Å². The predicted molar refractivity (Wildman–Crippen MR) is 213 cm³/mol. The van der Waals surface area contributed by atoms with Crippen molar-refractivity contribution < 1.29 is 57.2 Å². The first-order valence-corrected chi connectivity index (χ1v) is 20.4. The molecule has 0 aromatic heterocycles. The molecule has 6 rings (SSSR count). The molecule has 0 saturated carbocycles. The van der Waals surface area contributed by atoms with Crippen LogP contribution in [0.3, 0.4) is 0 Å². The Kier molecular flexibility index (Phi) is 12.7. The quantitative estimate of drug-likeness (QED) is 0.173. The van der Waals surface area contributed by atoms with E-state index in [1.165, 1.54) is 16.9 Å². The zero-order chi connectivity index (χ0) is 42.9. The predicted octanol–water partition coefficient (Wildman–Crippen LogP) is 5.81. The van der Waals surface area contributed by atoms with Crippen LogP contribution in [0.5, 0.6) is 5.75 Å². The summed E-state index contributed by atoms with van der Waals surface area (Å²) in [5, 5.41) is 2.57. The molecular formula is C44H55N3O12. The highest BCUT2D eigenvalue weighted by molar-refractivity contribution is 6.04. The fourth-order valence-corrected chi connectivity index (χ4v) is 8.35. The molecule has 3 amide bonds. The fraction of sp³-hybridized carbons (Fsp3) is 0.568. The second kappa shape index (κ2) is 17.4. The average molecular weight is 818 g/mol. The second-order valence-electron chi connectivity index (χ2n) is 17.2. The number of hydrogen-bond acceptors (Lipinski definition) is 12. The van der Waals surface area contributed by atoms with Gasteiger partial charge >= 0.3 is 24.1 Å². The number of methoxy groups -OCH3 is 1. The highest BCUT2D eigenvalue weighted by Crippen LogP contribution is 2.42. The van der Waals surface area contributed by atoms with Crippen molar-refractivity contribution in [3.63, 3.8) is 0 Å². The number of Topliss-reactive ketones (excluding diaryl/α,β-unsaturated/α-hetero) is 2. The van der Waals surface area contributed by atoms with Crippen LogP contribution in [-0.4, -0.2) is 108 Å². The minimum absolute atomic E-state index is 0.112. The van der Waals surface area contributed by atoms with E-state index < -0.39 is 72.3 Å². The van der Waals surface area contributed by atoms with Crippen LogP contribution in [0.2, 0.25) is 0 Å². The van der Waals surface area contributed by atoms with Crippen LogP contribution in [0, 0.1) is 11.8 Å². The molecule has 0 radical (unpaired) electrons. The van der Waals surface area contributed by atoms with Gasteiger partial charge in [0.1, 0.15) is 36.1 Å². The van der Waals surface area contributed by atoms with E-state index in [9.17, 15) is 33.6 Å². The molecule has 2 aromatic rings. The zero-order valence-corrected chi connectivity index (χ0v) is 35.1. The number of hydrogen-bond donors (Lipinski definition) is 1. The fourth-order valence-electron chi connectivity index (χ4n) is 8.35. The smallest absolute Gasteiger partial charge is 0.411 e. The summed E-state index contributed by atoms with van der Waals surface area (Å²) in [6, 6.07) is 5.79. The molecule has 6 atom stereocenters. The Morgan fingerprint density at radius 2 is 1.68 bits per heavy atom. The molecule has 0 bridgehead atoms. The van der Waals surface area contributed by atoms with Gasteiger partial charge in [-0.1, -0.05) is 39.3 Å². The molecule has 59 heavy (non-hydrogen) atoms. The van der Waals surface area contributed by atoms with E-state index in [2.05, 4.69) is 5.32 Å². The molecule has 0 spiro atoms. The molecule has 2 saturated heterocycles. The minimum atomic E-state index is -1.05. The Hall–Kier alpha value is -5.47. The van der Waals surface area contributed by atoms with Crippen LogP contribution in [0.25, 0.3) is 11.1 Å². The number of fused-ring (bicyclic) bond motifs is 4. The monoisotopic (exact) mass is 817 g/mol. The topological polar surface area (TPSA) is 184 Å². The van der Waals surface area contributed by atoms with Crippen molar-refractivity contribution in [1.29, 1.82) is 0 Å². The lowest BCUT2D eigenvalue weighted by Crippen LogP contribution is -2.56. The second-order valence-corrected chi connectivity index (χ2v) is 17.2. The van der Waals surface area contributed by atoms with Crippen molar-refractivity contribution in [2.45, 2.75) is 129 Å². The van der Waals surface area contributed by atoms with Crippen LogP contribution in [-0.2, 0) is 46.4 Å². The van der Waals surface area contributed by atoms with Gasteiger partial charge in [-0.3, -0.25) is 19.3 Å². The molecule has 1 aliphatic carbocycles. The van der Waals surface area contributed by atoms with E-state index >= 15 is 0 Å². The van der Waals surface area contributed by atoms with Crippen LogP contribution in [0.4, 0.5) is 9.59 Å². The Bertz CT molecular complexity index is 2020. The molecule has 2 aromatic carbocycles. The van der Waals surface area contributed by atoms with Crippen molar-refractivity contribution in [3.05, 3.63) is 52.6 Å². The maximum atomic E-state index is 13.8. The number of benzene rings is 2. The Morgan fingerprint density at radius 1 is 0.932 bits per heavy atom. The number of ether oxygens (including phenoxy) is 5. The number of esters is 2. The maximum Gasteiger partial charge on any atom is 0.411 e. The van der Waals surface area contributed by atoms with E-state index in [1.54, 1.807) is 58.9 Å². The van der Waals surface area contributed by atoms with Gasteiger partial charge in [-0.2, -0.15) is 0 Å². The third-order valence-corrected chi connectivity index (χ3v) is 11.6. The van der Waals surface area contributed by atoms with Gasteiger partial charge in [0, 0.05) is 29.3 Å². The van der Waals surface area contributed by atoms with Gasteiger partial charge < -0.3 is 33.9 Å². The lowest BCUT2D eigenvalue weighted by atomic mass is 9.84. The first kappa shape index (κ1) is 43.1. The summed E-state index contributed by atoms with van der Waals surface area (Å²) in [4.78, 5) is 95.2. The number of nitrogens with one attached hydrogen (secondary N) is 1. The van der Waals surface area contributed by atoms with Crippen LogP contribution in [0.15, 0.2) is 30.3 Å². The number of ketones is 2. The summed E-state index contributed by atoms with van der Waals surface area (Å²) in [5.41, 5.74) is 3.08. The number of nitrogens with zero attached hydrogens (tertiary/aromatic N) is 2. The first-order chi connectivity index (χ1) is 27.9. The standard InChI is InChI=1S/C44H55N3O12/c1-9-25-16-33(46(20-25)43(54)59-44(5,6)7)40(51)57-22-34(48)27-11-13-29-28(17-27)21-56-36-19-30-26(18-31(29)36)12-15-35(38(30)49)58-41(52)32-14-10-24(4)47(32)39(50)37(23(2)3)45-42(53)55-8/h11,13,17-19,23-25,32-33,35,37H,9-10,12,14-16,20-22H2,1-8H3,(H,45,53)/t24-,25-,32-,33-,35?,37+/m0/s1. The molecular weight excluding hydrogens is 762 g/mol. The summed E-state index contributed by atoms with van der Waals surface area (Å²) in [7, 11) is 1.21. The van der Waals surface area contributed by atoms with E-state index in [-0.39, 0.29) is 36.7 Å². The molecule has 4 aliphatic rings. The van der Waals surface area contributed by atoms with Gasteiger partial charge in [0.05, 0.1) is 7.11 Å². The van der Waals surface area contributed by atoms with Gasteiger partial charge in [-0.25, -0.2) is 19.2 Å². The largest absolute Gasteiger partial charge is 0.488 e. The summed E-state index contributed by atoms with van der Waals surface area (Å²) in [5.74, 6) is -2.20. The normalized spacial score (nSPS) is 22.7. The van der Waals surface area contributed by atoms with Gasteiger partial charge in [0.2, 0.25) is 11.7 Å². The van der Waals surface area contributed by atoms with Crippen LogP contribution >= 0.6 is 0 Å². The number of aryl methyl sites for hydroxylation is 1. The van der Waals surface area contributed by atoms with Crippen LogP contribution in [0.1, 0.15) is 112 Å². The third kappa shape index (κ3) is 9.23. The average Bonchev–Trinajstić information content (AvgIpc) is 3.82. The molecule has 15 nitrogen and oxygen atoms in total. The number of carbonyl (C=O) groups is 7. The Morgan fingerprint density at radius 3 is 2.36 bits per heavy atom. The van der Waals surface area contributed by atoms with Crippen molar-refractivity contribution in [2.24, 2.45) is 11.8 Å². The lowest BCUT2D eigenvalue weighted by molar-refractivity contribution is -0.158. The van der Waals surface area contributed by atoms with Gasteiger partial charge in [-0.05, 0) is 107 Å². The molecule has 3 heterocycles. The van der Waals surface area contributed by atoms with E-state index in [4.69, 9.17) is 23.7 Å². The molecule has 318 valence electrons.